The molecule has 6 nitrogen and oxygen atoms in total. The van der Waals surface area contributed by atoms with E-state index in [0.717, 1.165) is 5.75 Å². The van der Waals surface area contributed by atoms with Crippen LogP contribution in [0.3, 0.4) is 0 Å². The summed E-state index contributed by atoms with van der Waals surface area (Å²) >= 11 is 9.24. The number of carbonyl (C=O) groups excluding carboxylic acids is 2. The second-order valence-corrected chi connectivity index (χ2v) is 7.66. The molecule has 0 saturated carbocycles. The number of rotatable bonds is 8. The maximum Gasteiger partial charge on any atom is 0.262 e. The lowest BCUT2D eigenvalue weighted by Crippen LogP contribution is -2.22. The first kappa shape index (κ1) is 22.7. The number of para-hydroxylation sites is 1. The summed E-state index contributed by atoms with van der Waals surface area (Å²) in [6.07, 6.45) is 0. The summed E-state index contributed by atoms with van der Waals surface area (Å²) in [5.74, 6) is 0.464. The van der Waals surface area contributed by atoms with Crippen molar-refractivity contribution in [2.45, 2.75) is 6.92 Å². The molecule has 3 aromatic rings. The van der Waals surface area contributed by atoms with E-state index in [1.807, 2.05) is 6.92 Å². The lowest BCUT2D eigenvalue weighted by molar-refractivity contribution is -0.118. The largest absolute Gasteiger partial charge is 0.494 e. The number of hydrogen-bond acceptors (Lipinski definition) is 4. The zero-order chi connectivity index (χ0) is 22.2. The molecule has 0 aliphatic heterocycles. The Balaban J connectivity index is 1.63. The molecule has 0 aliphatic rings. The van der Waals surface area contributed by atoms with Gasteiger partial charge in [0.2, 0.25) is 0 Å². The fourth-order valence-corrected chi connectivity index (χ4v) is 3.51. The zero-order valence-electron chi connectivity index (χ0n) is 16.7. The number of carbonyl (C=O) groups is 2. The fraction of sp³-hybridized carbons (Fsp3) is 0.130. The molecule has 0 fully saturated rings. The van der Waals surface area contributed by atoms with E-state index in [1.54, 1.807) is 66.7 Å². The van der Waals surface area contributed by atoms with Gasteiger partial charge in [0.25, 0.3) is 11.8 Å². The number of benzene rings is 3. The van der Waals surface area contributed by atoms with Crippen LogP contribution in [0.25, 0.3) is 0 Å². The average Bonchev–Trinajstić information content (AvgIpc) is 2.75. The lowest BCUT2D eigenvalue weighted by atomic mass is 10.1. The molecule has 31 heavy (non-hydrogen) atoms. The molecular formula is C23H20BrClN2O4. The van der Waals surface area contributed by atoms with Crippen LogP contribution in [0.5, 0.6) is 11.5 Å². The minimum atomic E-state index is -0.400. The van der Waals surface area contributed by atoms with Gasteiger partial charge in [0.1, 0.15) is 11.5 Å². The summed E-state index contributed by atoms with van der Waals surface area (Å²) in [7, 11) is 0. The van der Waals surface area contributed by atoms with Gasteiger partial charge in [-0.25, -0.2) is 0 Å². The highest BCUT2D eigenvalue weighted by Crippen LogP contribution is 2.28. The third-order valence-corrected chi connectivity index (χ3v) is 4.98. The number of nitrogens with one attached hydrogen (secondary N) is 2. The molecule has 0 saturated heterocycles. The van der Waals surface area contributed by atoms with Crippen LogP contribution < -0.4 is 20.1 Å². The van der Waals surface area contributed by atoms with Crippen molar-refractivity contribution in [1.29, 1.82) is 0 Å². The second-order valence-electron chi connectivity index (χ2n) is 6.37. The highest BCUT2D eigenvalue weighted by molar-refractivity contribution is 9.10. The van der Waals surface area contributed by atoms with Crippen LogP contribution in [0.1, 0.15) is 17.3 Å². The summed E-state index contributed by atoms with van der Waals surface area (Å²) < 4.78 is 11.6. The van der Waals surface area contributed by atoms with Crippen LogP contribution in [0.15, 0.2) is 71.2 Å². The normalized spacial score (nSPS) is 10.3. The molecule has 2 N–H and O–H groups in total. The predicted octanol–water partition coefficient (Wildman–Crippen LogP) is 5.77. The van der Waals surface area contributed by atoms with Crippen molar-refractivity contribution in [2.24, 2.45) is 0 Å². The fourth-order valence-electron chi connectivity index (χ4n) is 2.71. The van der Waals surface area contributed by atoms with Crippen molar-refractivity contribution in [1.82, 2.24) is 0 Å². The third-order valence-electron chi connectivity index (χ3n) is 4.12. The van der Waals surface area contributed by atoms with Crippen molar-refractivity contribution in [3.8, 4) is 11.5 Å². The van der Waals surface area contributed by atoms with E-state index in [0.29, 0.717) is 38.8 Å². The summed E-state index contributed by atoms with van der Waals surface area (Å²) in [5, 5.41) is 6.09. The van der Waals surface area contributed by atoms with Gasteiger partial charge in [0, 0.05) is 10.7 Å². The standard InChI is InChI=1S/C23H20BrClN2O4/c1-2-30-17-10-8-16(9-11-17)26-23(29)18-5-3-4-6-20(18)27-22(28)14-31-21-12-7-15(25)13-19(21)24/h3-13H,2,14H2,1H3,(H,26,29)(H,27,28). The summed E-state index contributed by atoms with van der Waals surface area (Å²) in [4.78, 5) is 25.1. The topological polar surface area (TPSA) is 76.7 Å². The molecule has 0 atom stereocenters. The molecular weight excluding hydrogens is 484 g/mol. The van der Waals surface area contributed by atoms with Crippen LogP contribution in [-0.2, 0) is 4.79 Å². The third kappa shape index (κ3) is 6.47. The van der Waals surface area contributed by atoms with Gasteiger partial charge in [-0.15, -0.1) is 0 Å². The van der Waals surface area contributed by atoms with E-state index in [4.69, 9.17) is 21.1 Å². The molecule has 160 valence electrons. The zero-order valence-corrected chi connectivity index (χ0v) is 19.0. The molecule has 0 unspecified atom stereocenters. The monoisotopic (exact) mass is 502 g/mol. The van der Waals surface area contributed by atoms with Gasteiger partial charge in [-0.1, -0.05) is 23.7 Å². The Bertz CT molecular complexity index is 1070. The van der Waals surface area contributed by atoms with E-state index in [2.05, 4.69) is 26.6 Å². The number of anilines is 2. The average molecular weight is 504 g/mol. The van der Waals surface area contributed by atoms with E-state index in [9.17, 15) is 9.59 Å². The van der Waals surface area contributed by atoms with Crippen LogP contribution in [0.4, 0.5) is 11.4 Å². The Morgan fingerprint density at radius 1 is 0.968 bits per heavy atom. The Morgan fingerprint density at radius 3 is 2.42 bits per heavy atom. The van der Waals surface area contributed by atoms with Crippen LogP contribution in [0, 0.1) is 0 Å². The van der Waals surface area contributed by atoms with Gasteiger partial charge in [-0.05, 0) is 77.5 Å². The van der Waals surface area contributed by atoms with Crippen LogP contribution in [-0.4, -0.2) is 25.0 Å². The van der Waals surface area contributed by atoms with E-state index >= 15 is 0 Å². The first-order valence-electron chi connectivity index (χ1n) is 9.47. The maximum absolute atomic E-state index is 12.7. The Hall–Kier alpha value is -3.03. The number of hydrogen-bond donors (Lipinski definition) is 2. The predicted molar refractivity (Wildman–Crippen MR) is 125 cm³/mol. The summed E-state index contributed by atoms with van der Waals surface area (Å²) in [6.45, 7) is 2.24. The molecule has 2 amide bonds. The molecule has 0 aromatic heterocycles. The molecule has 3 aromatic carbocycles. The number of amides is 2. The SMILES string of the molecule is CCOc1ccc(NC(=O)c2ccccc2NC(=O)COc2ccc(Cl)cc2Br)cc1. The number of ether oxygens (including phenoxy) is 2. The highest BCUT2D eigenvalue weighted by atomic mass is 79.9. The molecule has 8 heteroatoms. The first-order chi connectivity index (χ1) is 15.0. The highest BCUT2D eigenvalue weighted by Gasteiger charge is 2.14. The molecule has 0 bridgehead atoms. The Labute approximate surface area is 193 Å². The van der Waals surface area contributed by atoms with Crippen molar-refractivity contribution < 1.29 is 19.1 Å². The van der Waals surface area contributed by atoms with Gasteiger partial charge in [-0.3, -0.25) is 9.59 Å². The Kier molecular flexibility index (Phi) is 7.92. The van der Waals surface area contributed by atoms with Crippen molar-refractivity contribution in [2.75, 3.05) is 23.8 Å². The minimum Gasteiger partial charge on any atom is -0.494 e. The van der Waals surface area contributed by atoms with Crippen molar-refractivity contribution >= 4 is 50.7 Å². The molecule has 0 radical (unpaired) electrons. The molecule has 0 spiro atoms. The summed E-state index contributed by atoms with van der Waals surface area (Å²) in [6, 6.07) is 18.8. The smallest absolute Gasteiger partial charge is 0.262 e. The van der Waals surface area contributed by atoms with E-state index in [-0.39, 0.29) is 12.5 Å². The molecule has 3 rings (SSSR count). The van der Waals surface area contributed by atoms with Crippen LogP contribution >= 0.6 is 27.5 Å². The van der Waals surface area contributed by atoms with E-state index in [1.165, 1.54) is 0 Å². The van der Waals surface area contributed by atoms with Gasteiger partial charge in [0.15, 0.2) is 6.61 Å². The summed E-state index contributed by atoms with van der Waals surface area (Å²) in [5.41, 5.74) is 1.33. The lowest BCUT2D eigenvalue weighted by Gasteiger charge is -2.13. The van der Waals surface area contributed by atoms with Gasteiger partial charge >= 0.3 is 0 Å². The molecule has 0 aliphatic carbocycles. The Morgan fingerprint density at radius 2 is 1.71 bits per heavy atom. The van der Waals surface area contributed by atoms with Gasteiger partial charge < -0.3 is 20.1 Å². The number of halogens is 2. The van der Waals surface area contributed by atoms with Gasteiger partial charge in [-0.2, -0.15) is 0 Å². The maximum atomic E-state index is 12.7. The molecule has 0 heterocycles. The minimum absolute atomic E-state index is 0.227. The van der Waals surface area contributed by atoms with Crippen molar-refractivity contribution in [3.63, 3.8) is 0 Å². The van der Waals surface area contributed by atoms with Crippen LogP contribution in [0.2, 0.25) is 5.02 Å². The van der Waals surface area contributed by atoms with E-state index < -0.39 is 5.91 Å². The second kappa shape index (κ2) is 10.8. The first-order valence-corrected chi connectivity index (χ1v) is 10.6. The van der Waals surface area contributed by atoms with Crippen molar-refractivity contribution in [3.05, 3.63) is 81.8 Å². The quantitative estimate of drug-likeness (QED) is 0.409. The van der Waals surface area contributed by atoms with Gasteiger partial charge in [0.05, 0.1) is 22.3 Å².